The molecule has 0 saturated heterocycles. The van der Waals surface area contributed by atoms with Crippen molar-refractivity contribution in [2.24, 2.45) is 0 Å². The van der Waals surface area contributed by atoms with Gasteiger partial charge >= 0.3 is 0 Å². The molecule has 1 aliphatic rings. The van der Waals surface area contributed by atoms with Crippen molar-refractivity contribution in [2.75, 3.05) is 5.32 Å². The molecule has 1 aliphatic carbocycles. The molecule has 0 unspecified atom stereocenters. The van der Waals surface area contributed by atoms with Crippen LogP contribution in [0.2, 0.25) is 0 Å². The van der Waals surface area contributed by atoms with Crippen LogP contribution in [0.3, 0.4) is 0 Å². The Labute approximate surface area is 115 Å². The molecule has 0 aliphatic heterocycles. The minimum absolute atomic E-state index is 0.857. The maximum absolute atomic E-state index is 5.49. The molecule has 0 atom stereocenters. The lowest BCUT2D eigenvalue weighted by molar-refractivity contribution is 1.09. The smallest absolute Gasteiger partial charge is 0.107 e. The summed E-state index contributed by atoms with van der Waals surface area (Å²) in [6.45, 7) is 4.36. The van der Waals surface area contributed by atoms with Crippen LogP contribution in [0.1, 0.15) is 31.4 Å². The first-order valence-corrected chi connectivity index (χ1v) is 6.94. The largest absolute Gasteiger partial charge is 0.346 e. The van der Waals surface area contributed by atoms with Crippen LogP contribution in [-0.4, -0.2) is 4.99 Å². The van der Waals surface area contributed by atoms with Crippen LogP contribution >= 0.6 is 12.2 Å². The monoisotopic (exact) mass is 257 g/mol. The summed E-state index contributed by atoms with van der Waals surface area (Å²) in [5, 5.41) is 3.45. The van der Waals surface area contributed by atoms with Crippen LogP contribution in [0, 0.1) is 0 Å². The van der Waals surface area contributed by atoms with Crippen LogP contribution in [-0.2, 0) is 12.8 Å². The molecule has 0 bridgehead atoms. The first-order chi connectivity index (χ1) is 8.76. The van der Waals surface area contributed by atoms with Gasteiger partial charge in [0.05, 0.1) is 0 Å². The fourth-order valence-corrected chi connectivity index (χ4v) is 2.47. The number of benzene rings is 1. The average Bonchev–Trinajstić information content (AvgIpc) is 2.93. The second kappa shape index (κ2) is 5.96. The Kier molecular flexibility index (Phi) is 4.32. The van der Waals surface area contributed by atoms with Crippen LogP contribution < -0.4 is 5.32 Å². The lowest BCUT2D eigenvalue weighted by Crippen LogP contribution is -2.14. The van der Waals surface area contributed by atoms with Crippen molar-refractivity contribution in [1.29, 1.82) is 0 Å². The molecular weight excluding hydrogens is 238 g/mol. The topological polar surface area (TPSA) is 12.0 Å². The van der Waals surface area contributed by atoms with Crippen molar-refractivity contribution in [2.45, 2.75) is 33.1 Å². The number of nitrogens with one attached hydrogen (secondary N) is 1. The van der Waals surface area contributed by atoms with Gasteiger partial charge in [-0.2, -0.15) is 0 Å². The highest BCUT2D eigenvalue weighted by atomic mass is 32.1. The summed E-state index contributed by atoms with van der Waals surface area (Å²) < 4.78 is 0. The maximum Gasteiger partial charge on any atom is 0.107 e. The molecular formula is C16H19NS. The van der Waals surface area contributed by atoms with Crippen LogP contribution in [0.4, 0.5) is 5.69 Å². The second-order valence-electron chi connectivity index (χ2n) is 4.44. The van der Waals surface area contributed by atoms with Gasteiger partial charge in [-0.05, 0) is 36.0 Å². The number of rotatable bonds is 4. The number of aryl methyl sites for hydroxylation is 2. The number of hydrogen-bond donors (Lipinski definition) is 1. The Morgan fingerprint density at radius 3 is 2.39 bits per heavy atom. The van der Waals surface area contributed by atoms with Gasteiger partial charge in [-0.15, -0.1) is 0 Å². The molecule has 2 heteroatoms. The lowest BCUT2D eigenvalue weighted by Gasteiger charge is -2.16. The van der Waals surface area contributed by atoms with Crippen molar-refractivity contribution in [1.82, 2.24) is 0 Å². The quantitative estimate of drug-likeness (QED) is 0.800. The Bertz CT molecular complexity index is 490. The number of anilines is 1. The highest BCUT2D eigenvalue weighted by Crippen LogP contribution is 2.24. The van der Waals surface area contributed by atoms with Crippen molar-refractivity contribution < 1.29 is 0 Å². The van der Waals surface area contributed by atoms with E-state index in [9.17, 15) is 0 Å². The molecule has 1 aromatic rings. The maximum atomic E-state index is 5.49. The van der Waals surface area contributed by atoms with Crippen molar-refractivity contribution in [3.05, 3.63) is 53.1 Å². The molecule has 1 N–H and O–H groups in total. The molecule has 0 saturated carbocycles. The van der Waals surface area contributed by atoms with E-state index in [2.05, 4.69) is 55.6 Å². The summed E-state index contributed by atoms with van der Waals surface area (Å²) >= 11 is 5.49. The summed E-state index contributed by atoms with van der Waals surface area (Å²) in [5.41, 5.74) is 5.09. The lowest BCUT2D eigenvalue weighted by atomic mass is 10.0. The molecule has 0 radical (unpaired) electrons. The van der Waals surface area contributed by atoms with E-state index in [1.54, 1.807) is 0 Å². The first-order valence-electron chi connectivity index (χ1n) is 6.54. The predicted octanol–water partition coefficient (Wildman–Crippen LogP) is 4.44. The van der Waals surface area contributed by atoms with Crippen molar-refractivity contribution >= 4 is 22.9 Å². The summed E-state index contributed by atoms with van der Waals surface area (Å²) in [4.78, 5) is 0.857. The summed E-state index contributed by atoms with van der Waals surface area (Å²) in [7, 11) is 0. The first kappa shape index (κ1) is 13.0. The minimum atomic E-state index is 0.857. The van der Waals surface area contributed by atoms with E-state index in [0.29, 0.717) is 0 Å². The number of hydrogen-bond acceptors (Lipinski definition) is 1. The van der Waals surface area contributed by atoms with E-state index in [4.69, 9.17) is 12.2 Å². The molecule has 1 aromatic carbocycles. The van der Waals surface area contributed by atoms with Gasteiger partial charge in [0.25, 0.3) is 0 Å². The Morgan fingerprint density at radius 2 is 1.89 bits per heavy atom. The third-order valence-corrected chi connectivity index (χ3v) is 3.66. The third kappa shape index (κ3) is 2.70. The van der Waals surface area contributed by atoms with E-state index in [0.717, 1.165) is 24.3 Å². The van der Waals surface area contributed by atoms with E-state index in [1.807, 2.05) is 0 Å². The Morgan fingerprint density at radius 1 is 1.22 bits per heavy atom. The third-order valence-electron chi connectivity index (χ3n) is 3.30. The fourth-order valence-electron chi connectivity index (χ4n) is 2.21. The molecule has 0 spiro atoms. The van der Waals surface area contributed by atoms with Crippen molar-refractivity contribution in [3.63, 3.8) is 0 Å². The number of para-hydroxylation sites is 1. The van der Waals surface area contributed by atoms with Gasteiger partial charge in [0.2, 0.25) is 0 Å². The van der Waals surface area contributed by atoms with Gasteiger partial charge in [-0.3, -0.25) is 0 Å². The van der Waals surface area contributed by atoms with E-state index in [-0.39, 0.29) is 0 Å². The van der Waals surface area contributed by atoms with Crippen LogP contribution in [0.5, 0.6) is 0 Å². The second-order valence-corrected chi connectivity index (χ2v) is 4.84. The molecule has 0 heterocycles. The summed E-state index contributed by atoms with van der Waals surface area (Å²) in [6, 6.07) is 6.47. The molecule has 0 fully saturated rings. The van der Waals surface area contributed by atoms with Gasteiger partial charge in [0.15, 0.2) is 0 Å². The van der Waals surface area contributed by atoms with Crippen LogP contribution in [0.15, 0.2) is 42.0 Å². The highest BCUT2D eigenvalue weighted by Gasteiger charge is 2.11. The van der Waals surface area contributed by atoms with Crippen LogP contribution in [0.25, 0.3) is 0 Å². The minimum Gasteiger partial charge on any atom is -0.346 e. The van der Waals surface area contributed by atoms with Gasteiger partial charge in [-0.25, -0.2) is 0 Å². The van der Waals surface area contributed by atoms with Gasteiger partial charge in [-0.1, -0.05) is 62.5 Å². The summed E-state index contributed by atoms with van der Waals surface area (Å²) in [6.07, 6.45) is 9.29. The zero-order chi connectivity index (χ0) is 13.0. The normalized spacial score (nSPS) is 13.6. The fraction of sp³-hybridized carbons (Fsp3) is 0.312. The molecule has 0 amide bonds. The summed E-state index contributed by atoms with van der Waals surface area (Å²) in [5.74, 6) is 0. The molecule has 1 nitrogen and oxygen atoms in total. The van der Waals surface area contributed by atoms with Gasteiger partial charge in [0, 0.05) is 5.69 Å². The predicted molar refractivity (Wildman–Crippen MR) is 83.3 cm³/mol. The Hall–Kier alpha value is -1.41. The molecule has 94 valence electrons. The highest BCUT2D eigenvalue weighted by molar-refractivity contribution is 7.81. The molecule has 0 aromatic heterocycles. The Balaban J connectivity index is 2.24. The molecule has 18 heavy (non-hydrogen) atoms. The standard InChI is InChI=1S/C16H19NS/c1-3-12-10-7-11-13(4-2)15(12)17-16(18)14-8-5-6-9-14/h5-8,10-11H,3-4,9H2,1-2H3,(H,17,18). The van der Waals surface area contributed by atoms with E-state index < -0.39 is 0 Å². The SMILES string of the molecule is CCc1cccc(CC)c1NC(=S)C1=CC=CC1. The van der Waals surface area contributed by atoms with E-state index >= 15 is 0 Å². The van der Waals surface area contributed by atoms with Gasteiger partial charge < -0.3 is 5.32 Å². The average molecular weight is 257 g/mol. The van der Waals surface area contributed by atoms with Crippen molar-refractivity contribution in [3.8, 4) is 0 Å². The zero-order valence-electron chi connectivity index (χ0n) is 11.0. The molecule has 2 rings (SSSR count). The van der Waals surface area contributed by atoms with Gasteiger partial charge in [0.1, 0.15) is 4.99 Å². The number of allylic oxidation sites excluding steroid dienone is 3. The van der Waals surface area contributed by atoms with E-state index in [1.165, 1.54) is 22.4 Å². The number of thiocarbonyl (C=S) groups is 1. The zero-order valence-corrected chi connectivity index (χ0v) is 11.8.